The van der Waals surface area contributed by atoms with Crippen LogP contribution in [-0.4, -0.2) is 91.4 Å². The molecule has 30 nitrogen and oxygen atoms in total. The van der Waals surface area contributed by atoms with Crippen LogP contribution in [0.2, 0.25) is 0 Å². The van der Waals surface area contributed by atoms with Crippen molar-refractivity contribution >= 4 is 58.6 Å². The minimum absolute atomic E-state index is 0.0165. The average molecular weight is 2030 g/mol. The van der Waals surface area contributed by atoms with Gasteiger partial charge in [-0.1, -0.05) is 30.3 Å². The zero-order valence-corrected chi connectivity index (χ0v) is 73.5. The summed E-state index contributed by atoms with van der Waals surface area (Å²) in [6.07, 6.45) is -7.74. The zero-order chi connectivity index (χ0) is 107. The van der Waals surface area contributed by atoms with E-state index in [1.54, 1.807) is 31.2 Å². The van der Waals surface area contributed by atoms with Gasteiger partial charge in [0.05, 0.1) is 64.6 Å². The molecule has 47 heteroatoms. The molecule has 5 aliphatic rings. The second kappa shape index (κ2) is 41.0. The van der Waals surface area contributed by atoms with Gasteiger partial charge in [-0.2, -0.15) is 21.0 Å². The molecule has 0 spiro atoms. The molecule has 147 heavy (non-hydrogen) atoms. The number of benzene rings is 10. The number of hydrogen-bond donors (Lipinski definition) is 5. The normalized spacial score (nSPS) is 13.8. The molecule has 10 heterocycles. The van der Waals surface area contributed by atoms with E-state index in [0.717, 1.165) is 127 Å². The van der Waals surface area contributed by atoms with Crippen molar-refractivity contribution in [2.75, 3.05) is 33.3 Å². The number of ether oxygens (including phenoxy) is 10. The van der Waals surface area contributed by atoms with Gasteiger partial charge in [-0.15, -0.1) is 35.1 Å². The summed E-state index contributed by atoms with van der Waals surface area (Å²) in [5.41, 5.74) is 2.27. The lowest BCUT2D eigenvalue weighted by Crippen LogP contribution is -2.25. The Bertz CT molecular complexity index is 7610. The highest BCUT2D eigenvalue weighted by Crippen LogP contribution is 2.50. The summed E-state index contributed by atoms with van der Waals surface area (Å²) in [7, 11) is 0. The highest BCUT2D eigenvalue weighted by Gasteiger charge is 2.48. The number of carbonyl (C=O) groups excluding carboxylic acids is 5. The van der Waals surface area contributed by atoms with Crippen molar-refractivity contribution in [3.63, 3.8) is 0 Å². The van der Waals surface area contributed by atoms with Crippen LogP contribution < -0.4 is 74.0 Å². The Morgan fingerprint density at radius 2 is 0.558 bits per heavy atom. The van der Waals surface area contributed by atoms with Crippen molar-refractivity contribution in [1.82, 2.24) is 29.9 Å². The number of aryl methyl sites for hydroxylation is 2. The van der Waals surface area contributed by atoms with Crippen molar-refractivity contribution < 1.29 is 149 Å². The Morgan fingerprint density at radius 1 is 0.293 bits per heavy atom. The highest BCUT2D eigenvalue weighted by molar-refractivity contribution is 6.07. The number of pyridine rings is 4. The van der Waals surface area contributed by atoms with Crippen LogP contribution >= 0.6 is 0 Å². The standard InChI is InChI=1S/C21H12F3N3O3.2C20H9F4N3O3.C20H14F2N2O3.C19H8F4N4O3/c1-11-2-4-14(22)7-15(11)20(28)27-19-5-3-12(10-26-19)16-8-18-17(6-13(16)9-25)29-21(23,24)30-18;2*21-13-2-1-3-14(22)18(13)19(28)27-17-5-4-10(9-26-17)12-7-16-15(6-11(12)8-25)29-20(23,24)30-16;1-11-7-16-17(27-10-26-16)8-13(11)12-5-6-18(23-9-12)24-20(25)19-14(21)3-2-4-15(19)22;20-11-2-1-3-12(21)17(11)18(28)27-16-8-25-13(7-26-16)10-5-15-14(4-9(10)6-24)29-19(22,23)30-15/h2-8,10H,1H3,(H,26,27,28);2*1-7,9H,(H,26,27,28);2-9H,10H2,1H3,(H,23,24,25);1-5,7-8H,(H,26,27,28)/i;;;10D2;. The fourth-order valence-electron chi connectivity index (χ4n) is 14.2. The number of anilines is 5. The first-order chi connectivity index (χ1) is 70.8. The number of rotatable bonds is 15. The summed E-state index contributed by atoms with van der Waals surface area (Å²) < 4.78 is 289. The Morgan fingerprint density at radius 3 is 0.850 bits per heavy atom. The van der Waals surface area contributed by atoms with Crippen molar-refractivity contribution in [1.29, 1.82) is 21.0 Å². The number of hydrogen-bond acceptors (Lipinski definition) is 25. The van der Waals surface area contributed by atoms with Gasteiger partial charge in [0.25, 0.3) is 29.5 Å². The number of aromatic nitrogens is 6. The number of nitrogens with one attached hydrogen (secondary N) is 5. The van der Waals surface area contributed by atoms with E-state index in [4.69, 9.17) is 12.2 Å². The van der Waals surface area contributed by atoms with E-state index in [2.05, 4.69) is 94.4 Å². The third kappa shape index (κ3) is 22.6. The molecule has 5 N–H and O–H groups in total. The minimum atomic E-state index is -3.85. The molecule has 10 aromatic carbocycles. The highest BCUT2D eigenvalue weighted by atomic mass is 19.3. The van der Waals surface area contributed by atoms with Gasteiger partial charge in [-0.25, -0.2) is 64.4 Å². The maximum atomic E-state index is 13.7. The molecule has 15 aromatic rings. The fraction of sp³-hybridized carbons (Fsp3) is 0.0700. The van der Waals surface area contributed by atoms with Crippen LogP contribution in [0.3, 0.4) is 0 Å². The van der Waals surface area contributed by atoms with Gasteiger partial charge in [0.15, 0.2) is 63.3 Å². The molecular formula is C100H52F17N15O15. The van der Waals surface area contributed by atoms with Crippen LogP contribution in [0.5, 0.6) is 57.5 Å². The summed E-state index contributed by atoms with van der Waals surface area (Å²) >= 11 is 0. The quantitative estimate of drug-likeness (QED) is 0.0595. The lowest BCUT2D eigenvalue weighted by Gasteiger charge is -2.09. The SMILES string of the molecule is Cc1ccc(F)cc1C(=O)Nc1ccc(-c2cc3c(cc2C#N)OC(F)(F)O3)cn1.N#Cc1cc2c(cc1-c1ccc(NC(=O)c3c(F)cccc3F)nc1)OC(F)(F)O2.N#Cc1cc2c(cc1-c1ccc(NC(=O)c3c(F)cccc3F)nc1)OC(F)(F)O2.N#Cc1cc2c(cc1-c1cnc(NC(=O)c3c(F)cccc3F)cn1)OC(F)(F)O2.[2H]C1([2H])Oc2cc(C)c(-c3ccc(NC(=O)c4c(F)cccc4F)nc3)cc2O1. The van der Waals surface area contributed by atoms with Crippen molar-refractivity contribution in [2.45, 2.75) is 39.0 Å². The first kappa shape index (κ1) is 97.2. The second-order valence-corrected chi connectivity index (χ2v) is 30.5. The van der Waals surface area contributed by atoms with Crippen LogP contribution in [0.4, 0.5) is 104 Å². The summed E-state index contributed by atoms with van der Waals surface area (Å²) in [6, 6.07) is 47.9. The van der Waals surface area contributed by atoms with Gasteiger partial charge >= 0.3 is 25.2 Å². The molecule has 0 fully saturated rings. The van der Waals surface area contributed by atoms with Crippen LogP contribution in [0.15, 0.2) is 237 Å². The van der Waals surface area contributed by atoms with Gasteiger partial charge in [0.2, 0.25) is 6.75 Å². The molecule has 0 radical (unpaired) electrons. The van der Waals surface area contributed by atoms with Crippen LogP contribution in [0.1, 0.15) is 87.9 Å². The summed E-state index contributed by atoms with van der Waals surface area (Å²) in [5, 5.41) is 48.9. The summed E-state index contributed by atoms with van der Waals surface area (Å²) in [4.78, 5) is 85.0. The third-order valence-electron chi connectivity index (χ3n) is 20.9. The molecule has 5 aromatic heterocycles. The van der Waals surface area contributed by atoms with E-state index in [1.165, 1.54) is 97.6 Å². The molecular weight excluding hydrogens is 1970 g/mol. The van der Waals surface area contributed by atoms with Gasteiger partial charge in [-0.3, -0.25) is 29.0 Å². The summed E-state index contributed by atoms with van der Waals surface area (Å²) in [6.45, 7) is 1.28. The number of amides is 5. The number of nitriles is 4. The molecule has 0 aliphatic carbocycles. The van der Waals surface area contributed by atoms with E-state index < -0.39 is 136 Å². The van der Waals surface area contributed by atoms with Crippen LogP contribution in [0, 0.1) is 112 Å². The van der Waals surface area contributed by atoms with E-state index in [9.17, 15) is 120 Å². The predicted octanol–water partition coefficient (Wildman–Crippen LogP) is 21.8. The number of nitrogens with zero attached hydrogens (tertiary/aromatic N) is 10. The maximum absolute atomic E-state index is 13.7. The van der Waals surface area contributed by atoms with Gasteiger partial charge in [0, 0.05) is 99.1 Å². The Hall–Kier alpha value is -20.0. The third-order valence-corrected chi connectivity index (χ3v) is 20.9. The van der Waals surface area contributed by atoms with E-state index in [1.807, 2.05) is 31.2 Å². The first-order valence-corrected chi connectivity index (χ1v) is 41.5. The fourth-order valence-corrected chi connectivity index (χ4v) is 14.2. The monoisotopic (exact) mass is 2030 g/mol. The van der Waals surface area contributed by atoms with Crippen molar-refractivity contribution in [2.24, 2.45) is 0 Å². The van der Waals surface area contributed by atoms with E-state index >= 15 is 0 Å². The molecule has 0 unspecified atom stereocenters. The molecule has 0 saturated carbocycles. The zero-order valence-electron chi connectivity index (χ0n) is 75.5. The van der Waals surface area contributed by atoms with E-state index in [0.29, 0.717) is 39.1 Å². The van der Waals surface area contributed by atoms with Crippen LogP contribution in [-0.2, 0) is 0 Å². The van der Waals surface area contributed by atoms with Gasteiger partial charge in [-0.05, 0) is 176 Å². The molecule has 736 valence electrons. The van der Waals surface area contributed by atoms with Crippen LogP contribution in [0.25, 0.3) is 55.8 Å². The molecule has 0 atom stereocenters. The van der Waals surface area contributed by atoms with Crippen molar-refractivity contribution in [3.8, 4) is 138 Å². The lowest BCUT2D eigenvalue weighted by atomic mass is 10.0. The Balaban J connectivity index is 0.000000133. The molecule has 5 amide bonds. The van der Waals surface area contributed by atoms with Gasteiger partial charge < -0.3 is 74.0 Å². The molecule has 20 rings (SSSR count). The number of fused-ring (bicyclic) bond motifs is 5. The largest absolute Gasteiger partial charge is 0.586 e. The number of alkyl halides is 8. The Labute approximate surface area is 815 Å². The van der Waals surface area contributed by atoms with Gasteiger partial charge in [0.1, 0.15) is 101 Å². The maximum Gasteiger partial charge on any atom is 0.586 e. The molecule has 0 saturated heterocycles. The smallest absolute Gasteiger partial charge is 0.454 e. The first-order valence-electron chi connectivity index (χ1n) is 42.5. The molecule has 0 bridgehead atoms. The number of carbonyl (C=O) groups is 5. The topological polar surface area (TPSA) is 410 Å². The average Bonchev–Trinajstić information content (AvgIpc) is 1.66. The number of halogens is 17. The Kier molecular flexibility index (Phi) is 27.2. The predicted molar refractivity (Wildman–Crippen MR) is 477 cm³/mol. The van der Waals surface area contributed by atoms with E-state index in [-0.39, 0.29) is 131 Å². The minimum Gasteiger partial charge on any atom is -0.454 e. The van der Waals surface area contributed by atoms with Crippen molar-refractivity contribution in [3.05, 3.63) is 351 Å². The lowest BCUT2D eigenvalue weighted by molar-refractivity contribution is -0.287. The second-order valence-electron chi connectivity index (χ2n) is 30.5. The summed E-state index contributed by atoms with van der Waals surface area (Å²) in [5.74, 6) is -14.6. The molecule has 5 aliphatic heterocycles.